The smallest absolute Gasteiger partial charge is 0.306 e. The third-order valence-electron chi connectivity index (χ3n) is 14.5. The minimum atomic E-state index is -0.766. The molecule has 0 bridgehead atoms. The normalized spacial score (nSPS) is 12.4. The number of carbonyl (C=O) groups excluding carboxylic acids is 3. The van der Waals surface area contributed by atoms with Gasteiger partial charge in [-0.2, -0.15) is 0 Å². The number of esters is 3. The summed E-state index contributed by atoms with van der Waals surface area (Å²) < 4.78 is 16.9. The molecule has 0 aliphatic rings. The number of ether oxygens (including phenoxy) is 3. The molecule has 0 aliphatic heterocycles. The fraction of sp³-hybridized carbons (Fsp3) is 0.812. The third kappa shape index (κ3) is 61.8. The summed E-state index contributed by atoms with van der Waals surface area (Å²) in [6, 6.07) is 0. The Labute approximate surface area is 466 Å². The molecule has 0 saturated carbocycles. The van der Waals surface area contributed by atoms with E-state index in [1.54, 1.807) is 0 Å². The summed E-state index contributed by atoms with van der Waals surface area (Å²) in [5.41, 5.74) is 0. The molecule has 6 nitrogen and oxygen atoms in total. The van der Waals surface area contributed by atoms with Crippen molar-refractivity contribution < 1.29 is 28.6 Å². The lowest BCUT2D eigenvalue weighted by Gasteiger charge is -2.18. The Bertz CT molecular complexity index is 1340. The van der Waals surface area contributed by atoms with E-state index in [4.69, 9.17) is 14.2 Å². The van der Waals surface area contributed by atoms with E-state index in [-0.39, 0.29) is 31.1 Å². The highest BCUT2D eigenvalue weighted by Crippen LogP contribution is 2.18. The minimum absolute atomic E-state index is 0.0666. The molecule has 0 N–H and O–H groups in total. The van der Waals surface area contributed by atoms with Gasteiger partial charge in [-0.3, -0.25) is 14.4 Å². The molecule has 0 aromatic carbocycles. The third-order valence-corrected chi connectivity index (χ3v) is 14.5. The Hall–Kier alpha value is -2.89. The first kappa shape index (κ1) is 72.1. The first-order valence-electron chi connectivity index (χ1n) is 32.8. The lowest BCUT2D eigenvalue weighted by atomic mass is 10.0. The molecule has 0 aliphatic carbocycles. The van der Waals surface area contributed by atoms with E-state index in [1.807, 2.05) is 0 Å². The van der Waals surface area contributed by atoms with Crippen LogP contribution in [0.2, 0.25) is 0 Å². The van der Waals surface area contributed by atoms with Gasteiger partial charge in [0.1, 0.15) is 13.2 Å². The summed E-state index contributed by atoms with van der Waals surface area (Å²) in [6.07, 6.45) is 81.2. The van der Waals surface area contributed by atoms with Crippen LogP contribution in [0.5, 0.6) is 0 Å². The minimum Gasteiger partial charge on any atom is -0.462 e. The Balaban J connectivity index is 3.98. The van der Waals surface area contributed by atoms with Gasteiger partial charge in [0.25, 0.3) is 0 Å². The SMILES string of the molecule is CC/C=C\C/C=C\C/C=C\C/C=C\C/C=C\CCCCCCCCCCCCCCCCCCCCCC(=O)OCC(COC(=O)CCCCCCCCCCC)OC(=O)CCCCCCCCCCCCCCC. The molecular weight excluding hydrogens is 925 g/mol. The Morgan fingerprint density at radius 1 is 0.280 bits per heavy atom. The van der Waals surface area contributed by atoms with Crippen LogP contribution in [0.25, 0.3) is 0 Å². The van der Waals surface area contributed by atoms with E-state index in [0.29, 0.717) is 19.3 Å². The summed E-state index contributed by atoms with van der Waals surface area (Å²) in [7, 11) is 0. The molecule has 436 valence electrons. The van der Waals surface area contributed by atoms with Crippen LogP contribution in [-0.2, 0) is 28.6 Å². The Morgan fingerprint density at radius 3 is 0.813 bits per heavy atom. The first-order chi connectivity index (χ1) is 37.0. The molecule has 0 aromatic heterocycles. The van der Waals surface area contributed by atoms with Gasteiger partial charge in [-0.15, -0.1) is 0 Å². The summed E-state index contributed by atoms with van der Waals surface area (Å²) in [5, 5.41) is 0. The average Bonchev–Trinajstić information content (AvgIpc) is 3.41. The fourth-order valence-electron chi connectivity index (χ4n) is 9.65. The van der Waals surface area contributed by atoms with E-state index in [1.165, 1.54) is 212 Å². The van der Waals surface area contributed by atoms with Crippen LogP contribution in [0.1, 0.15) is 342 Å². The van der Waals surface area contributed by atoms with Crippen LogP contribution in [-0.4, -0.2) is 37.2 Å². The molecule has 1 unspecified atom stereocenters. The van der Waals surface area contributed by atoms with Gasteiger partial charge in [0.15, 0.2) is 6.10 Å². The lowest BCUT2D eigenvalue weighted by molar-refractivity contribution is -0.167. The predicted molar refractivity (Wildman–Crippen MR) is 325 cm³/mol. The second kappa shape index (κ2) is 63.6. The van der Waals surface area contributed by atoms with Crippen molar-refractivity contribution in [1.82, 2.24) is 0 Å². The van der Waals surface area contributed by atoms with E-state index >= 15 is 0 Å². The van der Waals surface area contributed by atoms with Crippen molar-refractivity contribution in [1.29, 1.82) is 0 Å². The second-order valence-corrected chi connectivity index (χ2v) is 22.0. The molecule has 75 heavy (non-hydrogen) atoms. The van der Waals surface area contributed by atoms with Crippen LogP contribution in [0.3, 0.4) is 0 Å². The van der Waals surface area contributed by atoms with Crippen LogP contribution in [0.4, 0.5) is 0 Å². The number of allylic oxidation sites excluding steroid dienone is 10. The zero-order valence-corrected chi connectivity index (χ0v) is 50.1. The van der Waals surface area contributed by atoms with Crippen molar-refractivity contribution in [2.45, 2.75) is 348 Å². The van der Waals surface area contributed by atoms with Gasteiger partial charge in [-0.05, 0) is 64.2 Å². The maximum Gasteiger partial charge on any atom is 0.306 e. The zero-order valence-electron chi connectivity index (χ0n) is 50.1. The highest BCUT2D eigenvalue weighted by molar-refractivity contribution is 5.71. The van der Waals surface area contributed by atoms with Gasteiger partial charge < -0.3 is 14.2 Å². The number of hydrogen-bond donors (Lipinski definition) is 0. The summed E-state index contributed by atoms with van der Waals surface area (Å²) >= 11 is 0. The van der Waals surface area contributed by atoms with Crippen molar-refractivity contribution in [3.8, 4) is 0 Å². The van der Waals surface area contributed by atoms with Crippen molar-refractivity contribution in [3.05, 3.63) is 60.8 Å². The molecule has 0 heterocycles. The number of hydrogen-bond acceptors (Lipinski definition) is 6. The predicted octanol–water partition coefficient (Wildman–Crippen LogP) is 22.3. The molecule has 0 saturated heterocycles. The van der Waals surface area contributed by atoms with Crippen LogP contribution >= 0.6 is 0 Å². The number of carbonyl (C=O) groups is 3. The van der Waals surface area contributed by atoms with Crippen molar-refractivity contribution in [3.63, 3.8) is 0 Å². The standard InChI is InChI=1S/C69H124O6/c1-4-7-10-13-16-19-21-23-24-25-26-27-28-29-30-31-32-33-34-35-36-37-38-39-40-41-42-43-44-46-47-50-53-56-59-62-68(71)74-65-66(64-73-67(70)61-58-55-52-49-18-15-12-9-6-3)75-69(72)63-60-57-54-51-48-45-22-20-17-14-11-8-5-2/h7,10,16,19,23-24,26-27,29-30,66H,4-6,8-9,11-15,17-18,20-22,25,28,31-65H2,1-3H3/b10-7-,19-16-,24-23-,27-26-,30-29-. The summed E-state index contributed by atoms with van der Waals surface area (Å²) in [6.45, 7) is 6.55. The summed E-state index contributed by atoms with van der Waals surface area (Å²) in [4.78, 5) is 38.1. The Kier molecular flexibility index (Phi) is 61.2. The van der Waals surface area contributed by atoms with Crippen LogP contribution in [0, 0.1) is 0 Å². The monoisotopic (exact) mass is 1050 g/mol. The van der Waals surface area contributed by atoms with E-state index in [2.05, 4.69) is 81.5 Å². The lowest BCUT2D eigenvalue weighted by Crippen LogP contribution is -2.30. The van der Waals surface area contributed by atoms with E-state index < -0.39 is 6.10 Å². The number of unbranched alkanes of at least 4 members (excludes halogenated alkanes) is 39. The molecule has 0 rings (SSSR count). The average molecular weight is 1050 g/mol. The highest BCUT2D eigenvalue weighted by Gasteiger charge is 2.19. The molecular formula is C69H124O6. The van der Waals surface area contributed by atoms with Gasteiger partial charge in [-0.1, -0.05) is 319 Å². The molecule has 0 spiro atoms. The number of rotatable bonds is 60. The molecule has 1 atom stereocenters. The van der Waals surface area contributed by atoms with Gasteiger partial charge >= 0.3 is 17.9 Å². The largest absolute Gasteiger partial charge is 0.462 e. The maximum absolute atomic E-state index is 12.8. The highest BCUT2D eigenvalue weighted by atomic mass is 16.6. The van der Waals surface area contributed by atoms with Crippen LogP contribution < -0.4 is 0 Å². The van der Waals surface area contributed by atoms with Gasteiger partial charge in [0, 0.05) is 19.3 Å². The van der Waals surface area contributed by atoms with Crippen molar-refractivity contribution >= 4 is 17.9 Å². The molecule has 0 radical (unpaired) electrons. The topological polar surface area (TPSA) is 78.9 Å². The van der Waals surface area contributed by atoms with Crippen molar-refractivity contribution in [2.75, 3.05) is 13.2 Å². The molecule has 0 amide bonds. The Morgan fingerprint density at radius 2 is 0.520 bits per heavy atom. The van der Waals surface area contributed by atoms with Gasteiger partial charge in [0.2, 0.25) is 0 Å². The van der Waals surface area contributed by atoms with Crippen molar-refractivity contribution in [2.24, 2.45) is 0 Å². The first-order valence-corrected chi connectivity index (χ1v) is 32.8. The van der Waals surface area contributed by atoms with Gasteiger partial charge in [-0.25, -0.2) is 0 Å². The fourth-order valence-corrected chi connectivity index (χ4v) is 9.65. The van der Waals surface area contributed by atoms with E-state index in [0.717, 1.165) is 89.9 Å². The second-order valence-electron chi connectivity index (χ2n) is 22.0. The maximum atomic E-state index is 12.8. The summed E-state index contributed by atoms with van der Waals surface area (Å²) in [5.74, 6) is -0.849. The molecule has 0 fully saturated rings. The zero-order chi connectivity index (χ0) is 54.3. The van der Waals surface area contributed by atoms with E-state index in [9.17, 15) is 14.4 Å². The quantitative estimate of drug-likeness (QED) is 0.0261. The molecule has 6 heteroatoms. The molecule has 0 aromatic rings. The van der Waals surface area contributed by atoms with Gasteiger partial charge in [0.05, 0.1) is 0 Å². The van der Waals surface area contributed by atoms with Crippen LogP contribution in [0.15, 0.2) is 60.8 Å².